The molecule has 0 N–H and O–H groups in total. The van der Waals surface area contributed by atoms with Crippen LogP contribution >= 0.6 is 0 Å². The molecule has 0 aromatic rings. The van der Waals surface area contributed by atoms with Crippen LogP contribution < -0.4 is 0 Å². The van der Waals surface area contributed by atoms with Gasteiger partial charge in [0.2, 0.25) is 0 Å². The topological polar surface area (TPSA) is 0 Å². The van der Waals surface area contributed by atoms with Crippen molar-refractivity contribution >= 4 is 0 Å². The molecule has 0 aromatic carbocycles. The first-order valence-electron chi connectivity index (χ1n) is 4.72. The number of hydrogen-bond donors (Lipinski definition) is 0. The molecule has 58 valence electrons. The normalized spacial score (nSPS) is 43.8. The molecule has 0 aromatic heterocycles. The molecule has 0 radical (unpaired) electrons. The molecule has 1 spiro atoms. The molecule has 2 rings (SSSR count). The second-order valence-corrected chi connectivity index (χ2v) is 4.70. The maximum absolute atomic E-state index is 2.43. The van der Waals surface area contributed by atoms with Crippen molar-refractivity contribution in [2.45, 2.75) is 46.0 Å². The van der Waals surface area contributed by atoms with Crippen LogP contribution in [0.1, 0.15) is 46.0 Å². The highest BCUT2D eigenvalue weighted by atomic mass is 14.5. The van der Waals surface area contributed by atoms with E-state index in [9.17, 15) is 0 Å². The third-order valence-electron chi connectivity index (χ3n) is 3.81. The number of rotatable bonds is 0. The van der Waals surface area contributed by atoms with Crippen LogP contribution in [0, 0.1) is 17.3 Å². The summed E-state index contributed by atoms with van der Waals surface area (Å²) in [5.41, 5.74) is 0.881. The van der Waals surface area contributed by atoms with Crippen LogP contribution in [-0.2, 0) is 0 Å². The minimum absolute atomic E-state index is 0.881. The van der Waals surface area contributed by atoms with Crippen molar-refractivity contribution in [1.82, 2.24) is 0 Å². The summed E-state index contributed by atoms with van der Waals surface area (Å²) < 4.78 is 0. The summed E-state index contributed by atoms with van der Waals surface area (Å²) in [6, 6.07) is 0. The van der Waals surface area contributed by atoms with Crippen molar-refractivity contribution in [3.05, 3.63) is 0 Å². The molecule has 0 heteroatoms. The van der Waals surface area contributed by atoms with Crippen molar-refractivity contribution in [3.63, 3.8) is 0 Å². The predicted molar refractivity (Wildman–Crippen MR) is 43.8 cm³/mol. The van der Waals surface area contributed by atoms with Crippen LogP contribution in [0.5, 0.6) is 0 Å². The summed E-state index contributed by atoms with van der Waals surface area (Å²) in [7, 11) is 0. The van der Waals surface area contributed by atoms with Crippen LogP contribution in [0.2, 0.25) is 0 Å². The van der Waals surface area contributed by atoms with Gasteiger partial charge in [-0.3, -0.25) is 0 Å². The van der Waals surface area contributed by atoms with E-state index >= 15 is 0 Å². The lowest BCUT2D eigenvalue weighted by atomic mass is 9.74. The van der Waals surface area contributed by atoms with Gasteiger partial charge < -0.3 is 0 Å². The molecule has 2 saturated carbocycles. The van der Waals surface area contributed by atoms with E-state index in [1.807, 2.05) is 0 Å². The lowest BCUT2D eigenvalue weighted by molar-refractivity contribution is 0.192. The molecule has 0 saturated heterocycles. The zero-order chi connectivity index (χ0) is 7.19. The molecule has 0 bridgehead atoms. The Morgan fingerprint density at radius 1 is 1.00 bits per heavy atom. The summed E-state index contributed by atoms with van der Waals surface area (Å²) in [6.07, 6.45) is 7.67. The summed E-state index contributed by atoms with van der Waals surface area (Å²) in [6.45, 7) is 4.85. The fourth-order valence-electron chi connectivity index (χ4n) is 2.44. The third-order valence-corrected chi connectivity index (χ3v) is 3.81. The lowest BCUT2D eigenvalue weighted by Gasteiger charge is -2.32. The van der Waals surface area contributed by atoms with Crippen molar-refractivity contribution in [2.24, 2.45) is 17.3 Å². The molecule has 0 amide bonds. The minimum atomic E-state index is 0.881. The van der Waals surface area contributed by atoms with E-state index in [0.29, 0.717) is 0 Å². The van der Waals surface area contributed by atoms with Crippen LogP contribution in [0.3, 0.4) is 0 Å². The maximum Gasteiger partial charge on any atom is -0.0294 e. The van der Waals surface area contributed by atoms with E-state index < -0.39 is 0 Å². The lowest BCUT2D eigenvalue weighted by Crippen LogP contribution is -2.21. The van der Waals surface area contributed by atoms with Crippen LogP contribution in [0.15, 0.2) is 0 Å². The average molecular weight is 138 g/mol. The number of hydrogen-bond acceptors (Lipinski definition) is 0. The summed E-state index contributed by atoms with van der Waals surface area (Å²) >= 11 is 0. The molecule has 0 heterocycles. The van der Waals surface area contributed by atoms with Gasteiger partial charge in [-0.2, -0.15) is 0 Å². The Morgan fingerprint density at radius 2 is 1.70 bits per heavy atom. The van der Waals surface area contributed by atoms with Crippen LogP contribution in [0.25, 0.3) is 0 Å². The van der Waals surface area contributed by atoms with Crippen LogP contribution in [0.4, 0.5) is 0 Å². The van der Waals surface area contributed by atoms with Gasteiger partial charge in [0.15, 0.2) is 0 Å². The third kappa shape index (κ3) is 0.980. The van der Waals surface area contributed by atoms with E-state index in [1.165, 1.54) is 12.8 Å². The monoisotopic (exact) mass is 138 g/mol. The second kappa shape index (κ2) is 1.99. The molecular formula is C10H18. The van der Waals surface area contributed by atoms with E-state index in [1.54, 1.807) is 19.3 Å². The Balaban J connectivity index is 1.98. The Hall–Kier alpha value is 0. The fourth-order valence-corrected chi connectivity index (χ4v) is 2.44. The van der Waals surface area contributed by atoms with E-state index in [-0.39, 0.29) is 0 Å². The second-order valence-electron chi connectivity index (χ2n) is 4.70. The van der Waals surface area contributed by atoms with E-state index in [0.717, 1.165) is 17.3 Å². The Labute approximate surface area is 64.0 Å². The molecule has 0 nitrogen and oxygen atoms in total. The van der Waals surface area contributed by atoms with Crippen molar-refractivity contribution in [2.75, 3.05) is 0 Å². The van der Waals surface area contributed by atoms with Crippen LogP contribution in [-0.4, -0.2) is 0 Å². The van der Waals surface area contributed by atoms with Gasteiger partial charge in [0.25, 0.3) is 0 Å². The first-order valence-corrected chi connectivity index (χ1v) is 4.72. The van der Waals surface area contributed by atoms with Gasteiger partial charge in [-0.1, -0.05) is 13.8 Å². The van der Waals surface area contributed by atoms with Gasteiger partial charge in [0.1, 0.15) is 0 Å². The van der Waals surface area contributed by atoms with Crippen molar-refractivity contribution < 1.29 is 0 Å². The van der Waals surface area contributed by atoms with Crippen molar-refractivity contribution in [3.8, 4) is 0 Å². The Kier molecular flexibility index (Phi) is 1.33. The van der Waals surface area contributed by atoms with Gasteiger partial charge in [-0.15, -0.1) is 0 Å². The first kappa shape index (κ1) is 6.69. The predicted octanol–water partition coefficient (Wildman–Crippen LogP) is 3.22. The molecule has 2 fully saturated rings. The quantitative estimate of drug-likeness (QED) is 0.482. The zero-order valence-electron chi connectivity index (χ0n) is 7.19. The largest absolute Gasteiger partial charge is 0.0623 e. The van der Waals surface area contributed by atoms with Gasteiger partial charge in [-0.05, 0) is 49.4 Å². The summed E-state index contributed by atoms with van der Waals surface area (Å²) in [5.74, 6) is 2.02. The fraction of sp³-hybridized carbons (Fsp3) is 1.00. The highest BCUT2D eigenvalue weighted by Gasteiger charge is 2.46. The molecule has 2 unspecified atom stereocenters. The highest BCUT2D eigenvalue weighted by Crippen LogP contribution is 2.58. The Morgan fingerprint density at radius 3 is 2.20 bits per heavy atom. The van der Waals surface area contributed by atoms with E-state index in [2.05, 4.69) is 13.8 Å². The minimum Gasteiger partial charge on any atom is -0.0623 e. The molecular weight excluding hydrogens is 120 g/mol. The molecule has 2 aliphatic carbocycles. The summed E-state index contributed by atoms with van der Waals surface area (Å²) in [5, 5.41) is 0. The molecule has 0 aliphatic heterocycles. The van der Waals surface area contributed by atoms with Gasteiger partial charge >= 0.3 is 0 Å². The smallest absolute Gasteiger partial charge is 0.0294 e. The standard InChI is InChI=1S/C10H18/c1-8-3-4-10(5-6-10)7-9(8)2/h8-9H,3-7H2,1-2H3. The molecule has 2 atom stereocenters. The van der Waals surface area contributed by atoms with Gasteiger partial charge in [-0.25, -0.2) is 0 Å². The van der Waals surface area contributed by atoms with Gasteiger partial charge in [0, 0.05) is 0 Å². The molecule has 2 aliphatic rings. The SMILES string of the molecule is CC1CCC2(CC2)CC1C. The van der Waals surface area contributed by atoms with E-state index in [4.69, 9.17) is 0 Å². The average Bonchev–Trinajstić information content (AvgIpc) is 2.62. The zero-order valence-corrected chi connectivity index (χ0v) is 7.19. The van der Waals surface area contributed by atoms with Crippen molar-refractivity contribution in [1.29, 1.82) is 0 Å². The highest BCUT2D eigenvalue weighted by molar-refractivity contribution is 4.97. The first-order chi connectivity index (χ1) is 4.72. The maximum atomic E-state index is 2.43. The summed E-state index contributed by atoms with van der Waals surface area (Å²) in [4.78, 5) is 0. The van der Waals surface area contributed by atoms with Gasteiger partial charge in [0.05, 0.1) is 0 Å². The Bertz CT molecular complexity index is 133. The molecule has 10 heavy (non-hydrogen) atoms.